The van der Waals surface area contributed by atoms with Crippen LogP contribution in [0, 0.1) is 0 Å². The summed E-state index contributed by atoms with van der Waals surface area (Å²) < 4.78 is 0. The first-order chi connectivity index (χ1) is 8.66. The molecule has 0 bridgehead atoms. The average molecular weight is 245 g/mol. The second-order valence-electron chi connectivity index (χ2n) is 4.31. The highest BCUT2D eigenvalue weighted by molar-refractivity contribution is 5.81. The second-order valence-corrected chi connectivity index (χ2v) is 4.31. The van der Waals surface area contributed by atoms with Crippen LogP contribution in [0.5, 0.6) is 0 Å². The molecular weight excluding hydrogens is 230 g/mol. The normalized spacial score (nSPS) is 10.7. The van der Waals surface area contributed by atoms with Gasteiger partial charge >= 0.3 is 5.97 Å². The maximum Gasteiger partial charge on any atom is 0.303 e. The molecule has 0 saturated heterocycles. The number of carboxylic acid groups (broad SMARTS) is 1. The number of carboxylic acids is 1. The zero-order chi connectivity index (χ0) is 13.0. The van der Waals surface area contributed by atoms with Crippen molar-refractivity contribution in [3.63, 3.8) is 0 Å². The van der Waals surface area contributed by atoms with Crippen LogP contribution in [0.3, 0.4) is 0 Å². The molecule has 0 aliphatic rings. The number of fused-ring (bicyclic) bond motifs is 1. The SMILES string of the molecule is O=C(O)CCCCc1cc(=O)[nH]c2ccccc12. The Kier molecular flexibility index (Phi) is 3.77. The number of rotatable bonds is 5. The van der Waals surface area contributed by atoms with Crippen LogP contribution in [0.15, 0.2) is 35.1 Å². The average Bonchev–Trinajstić information content (AvgIpc) is 2.34. The van der Waals surface area contributed by atoms with E-state index in [1.807, 2.05) is 24.3 Å². The van der Waals surface area contributed by atoms with Crippen LogP contribution in [-0.4, -0.2) is 16.1 Å². The summed E-state index contributed by atoms with van der Waals surface area (Å²) >= 11 is 0. The summed E-state index contributed by atoms with van der Waals surface area (Å²) in [6, 6.07) is 9.26. The van der Waals surface area contributed by atoms with Gasteiger partial charge in [0.1, 0.15) is 0 Å². The number of aryl methyl sites for hydroxylation is 1. The lowest BCUT2D eigenvalue weighted by molar-refractivity contribution is -0.137. The van der Waals surface area contributed by atoms with Gasteiger partial charge in [0, 0.05) is 23.4 Å². The Hall–Kier alpha value is -2.10. The van der Waals surface area contributed by atoms with E-state index in [-0.39, 0.29) is 12.0 Å². The smallest absolute Gasteiger partial charge is 0.303 e. The van der Waals surface area contributed by atoms with Crippen LogP contribution in [0.4, 0.5) is 0 Å². The molecule has 2 rings (SSSR count). The molecule has 0 spiro atoms. The minimum absolute atomic E-state index is 0.109. The van der Waals surface area contributed by atoms with Crippen LogP contribution in [0.25, 0.3) is 10.9 Å². The van der Waals surface area contributed by atoms with Crippen molar-refractivity contribution in [3.8, 4) is 0 Å². The van der Waals surface area contributed by atoms with E-state index in [1.165, 1.54) is 0 Å². The number of pyridine rings is 1. The molecule has 0 unspecified atom stereocenters. The molecule has 2 N–H and O–H groups in total. The molecular formula is C14H15NO3. The number of unbranched alkanes of at least 4 members (excludes halogenated alkanes) is 1. The fraction of sp³-hybridized carbons (Fsp3) is 0.286. The number of hydrogen-bond acceptors (Lipinski definition) is 2. The predicted octanol–water partition coefficient (Wildman–Crippen LogP) is 2.33. The minimum Gasteiger partial charge on any atom is -0.481 e. The van der Waals surface area contributed by atoms with E-state index in [2.05, 4.69) is 4.98 Å². The first-order valence-corrected chi connectivity index (χ1v) is 5.99. The monoisotopic (exact) mass is 245 g/mol. The highest BCUT2D eigenvalue weighted by Gasteiger charge is 2.03. The zero-order valence-electron chi connectivity index (χ0n) is 9.98. The molecule has 1 heterocycles. The van der Waals surface area contributed by atoms with Gasteiger partial charge in [-0.3, -0.25) is 9.59 Å². The molecule has 2 aromatic rings. The van der Waals surface area contributed by atoms with E-state index in [1.54, 1.807) is 6.07 Å². The molecule has 0 amide bonds. The number of aromatic nitrogens is 1. The van der Waals surface area contributed by atoms with Crippen LogP contribution < -0.4 is 5.56 Å². The van der Waals surface area contributed by atoms with Crippen LogP contribution in [0.1, 0.15) is 24.8 Å². The first kappa shape index (κ1) is 12.4. The Labute approximate surface area is 104 Å². The summed E-state index contributed by atoms with van der Waals surface area (Å²) in [6.07, 6.45) is 2.33. The number of benzene rings is 1. The topological polar surface area (TPSA) is 70.2 Å². The minimum atomic E-state index is -0.772. The van der Waals surface area contributed by atoms with Gasteiger partial charge in [0.05, 0.1) is 0 Å². The Morgan fingerprint density at radius 2 is 2.00 bits per heavy atom. The number of H-pyrrole nitrogens is 1. The Morgan fingerprint density at radius 1 is 1.22 bits per heavy atom. The Balaban J connectivity index is 2.17. The van der Waals surface area contributed by atoms with Gasteiger partial charge in [0.25, 0.3) is 0 Å². The third-order valence-corrected chi connectivity index (χ3v) is 2.92. The van der Waals surface area contributed by atoms with Gasteiger partial charge in [-0.05, 0) is 30.9 Å². The largest absolute Gasteiger partial charge is 0.481 e. The molecule has 0 aliphatic carbocycles. The molecule has 18 heavy (non-hydrogen) atoms. The number of aromatic amines is 1. The number of hydrogen-bond donors (Lipinski definition) is 2. The maximum absolute atomic E-state index is 11.5. The second kappa shape index (κ2) is 5.49. The Bertz CT molecular complexity index is 616. The summed E-state index contributed by atoms with van der Waals surface area (Å²) in [7, 11) is 0. The number of para-hydroxylation sites is 1. The third kappa shape index (κ3) is 2.97. The Morgan fingerprint density at radius 3 is 2.78 bits per heavy atom. The van der Waals surface area contributed by atoms with Crippen molar-refractivity contribution in [2.45, 2.75) is 25.7 Å². The van der Waals surface area contributed by atoms with E-state index in [0.29, 0.717) is 6.42 Å². The van der Waals surface area contributed by atoms with Crippen LogP contribution in [-0.2, 0) is 11.2 Å². The molecule has 0 atom stereocenters. The van der Waals surface area contributed by atoms with Gasteiger partial charge in [-0.15, -0.1) is 0 Å². The molecule has 0 aliphatic heterocycles. The highest BCUT2D eigenvalue weighted by Crippen LogP contribution is 2.16. The molecule has 4 heteroatoms. The summed E-state index contributed by atoms with van der Waals surface area (Å²) in [5, 5.41) is 9.61. The number of carbonyl (C=O) groups is 1. The van der Waals surface area contributed by atoms with Gasteiger partial charge in [-0.25, -0.2) is 0 Å². The molecule has 1 aromatic carbocycles. The fourth-order valence-electron chi connectivity index (χ4n) is 2.08. The molecule has 94 valence electrons. The van der Waals surface area contributed by atoms with Crippen molar-refractivity contribution in [2.24, 2.45) is 0 Å². The van der Waals surface area contributed by atoms with Crippen LogP contribution >= 0.6 is 0 Å². The number of nitrogens with one attached hydrogen (secondary N) is 1. The molecule has 0 radical (unpaired) electrons. The van der Waals surface area contributed by atoms with Crippen molar-refractivity contribution in [2.75, 3.05) is 0 Å². The van der Waals surface area contributed by atoms with E-state index in [4.69, 9.17) is 5.11 Å². The standard InChI is InChI=1S/C14H15NO3/c16-13-9-10(5-1-4-8-14(17)18)11-6-2-3-7-12(11)15-13/h2-3,6-7,9H,1,4-5,8H2,(H,15,16)(H,17,18). The lowest BCUT2D eigenvalue weighted by Crippen LogP contribution is -2.06. The quantitative estimate of drug-likeness (QED) is 0.794. The molecule has 4 nitrogen and oxygen atoms in total. The van der Waals surface area contributed by atoms with Gasteiger partial charge in [-0.1, -0.05) is 18.2 Å². The molecule has 1 aromatic heterocycles. The van der Waals surface area contributed by atoms with Crippen molar-refractivity contribution >= 4 is 16.9 Å². The maximum atomic E-state index is 11.5. The lowest BCUT2D eigenvalue weighted by Gasteiger charge is -2.05. The van der Waals surface area contributed by atoms with Crippen molar-refractivity contribution in [3.05, 3.63) is 46.2 Å². The van der Waals surface area contributed by atoms with Crippen LogP contribution in [0.2, 0.25) is 0 Å². The summed E-state index contributed by atoms with van der Waals surface area (Å²) in [5.41, 5.74) is 1.71. The van der Waals surface area contributed by atoms with E-state index in [0.717, 1.165) is 29.3 Å². The first-order valence-electron chi connectivity index (χ1n) is 5.99. The summed E-state index contributed by atoms with van der Waals surface area (Å²) in [4.78, 5) is 24.7. The van der Waals surface area contributed by atoms with E-state index < -0.39 is 5.97 Å². The molecule has 0 fully saturated rings. The van der Waals surface area contributed by atoms with Gasteiger partial charge < -0.3 is 10.1 Å². The lowest BCUT2D eigenvalue weighted by atomic mass is 10.0. The number of aliphatic carboxylic acids is 1. The third-order valence-electron chi connectivity index (χ3n) is 2.92. The van der Waals surface area contributed by atoms with Crippen molar-refractivity contribution in [1.29, 1.82) is 0 Å². The fourth-order valence-corrected chi connectivity index (χ4v) is 2.08. The van der Waals surface area contributed by atoms with Gasteiger partial charge in [0.2, 0.25) is 5.56 Å². The van der Waals surface area contributed by atoms with E-state index in [9.17, 15) is 9.59 Å². The predicted molar refractivity (Wildman–Crippen MR) is 69.8 cm³/mol. The zero-order valence-corrected chi connectivity index (χ0v) is 9.98. The van der Waals surface area contributed by atoms with Crippen molar-refractivity contribution in [1.82, 2.24) is 4.98 Å². The highest BCUT2D eigenvalue weighted by atomic mass is 16.4. The van der Waals surface area contributed by atoms with Gasteiger partial charge in [0.15, 0.2) is 0 Å². The van der Waals surface area contributed by atoms with Crippen molar-refractivity contribution < 1.29 is 9.90 Å². The summed E-state index contributed by atoms with van der Waals surface area (Å²) in [6.45, 7) is 0. The van der Waals surface area contributed by atoms with E-state index >= 15 is 0 Å². The summed E-state index contributed by atoms with van der Waals surface area (Å²) in [5.74, 6) is -0.772. The molecule has 0 saturated carbocycles. The van der Waals surface area contributed by atoms with Gasteiger partial charge in [-0.2, -0.15) is 0 Å².